The third-order valence-electron chi connectivity index (χ3n) is 4.11. The number of rotatable bonds is 2. The minimum absolute atomic E-state index is 0.0643. The first-order chi connectivity index (χ1) is 12.7. The third kappa shape index (κ3) is 2.21. The van der Waals surface area contributed by atoms with Gasteiger partial charge in [-0.2, -0.15) is 5.10 Å². The predicted octanol–water partition coefficient (Wildman–Crippen LogP) is 3.49. The van der Waals surface area contributed by atoms with Crippen LogP contribution in [0.4, 0.5) is 0 Å². The molecule has 0 saturated carbocycles. The Labute approximate surface area is 152 Å². The number of benzene rings is 2. The molecule has 2 aromatic carbocycles. The second-order valence-corrected chi connectivity index (χ2v) is 6.18. The van der Waals surface area contributed by atoms with Gasteiger partial charge in [0.25, 0.3) is 0 Å². The fourth-order valence-electron chi connectivity index (χ4n) is 2.88. The highest BCUT2D eigenvalue weighted by Gasteiger charge is 2.16. The van der Waals surface area contributed by atoms with Gasteiger partial charge in [0.05, 0.1) is 22.8 Å². The fraction of sp³-hybridized carbons (Fsp3) is 0. The van der Waals surface area contributed by atoms with E-state index in [2.05, 4.69) is 20.2 Å². The number of phenolic OH excluding ortho intramolecular Hbond substituents is 1. The summed E-state index contributed by atoms with van der Waals surface area (Å²) >= 11 is 6.03. The van der Waals surface area contributed by atoms with E-state index >= 15 is 0 Å². The number of nitrogens with zero attached hydrogens (tertiary/aromatic N) is 6. The van der Waals surface area contributed by atoms with Crippen molar-refractivity contribution in [2.24, 2.45) is 0 Å². The minimum atomic E-state index is 0.0643. The van der Waals surface area contributed by atoms with Crippen LogP contribution in [0.2, 0.25) is 5.02 Å². The highest BCUT2D eigenvalue weighted by molar-refractivity contribution is 6.30. The molecule has 0 aliphatic rings. The second-order valence-electron chi connectivity index (χ2n) is 5.74. The third-order valence-corrected chi connectivity index (χ3v) is 4.34. The molecular weight excluding hydrogens is 352 g/mol. The average molecular weight is 363 g/mol. The molecule has 0 aliphatic heterocycles. The Morgan fingerprint density at radius 3 is 2.69 bits per heavy atom. The van der Waals surface area contributed by atoms with Gasteiger partial charge in [0.15, 0.2) is 17.1 Å². The van der Waals surface area contributed by atoms with Crippen LogP contribution in [-0.4, -0.2) is 34.5 Å². The standard InChI is InChI=1S/C18H11ClN6O/c19-11-6-7-15(26)13(8-11)16-22-18-14-9-21-25(12-4-2-1-3-5-12)17(14)20-10-24(18)23-16/h1-10,26H. The van der Waals surface area contributed by atoms with E-state index in [-0.39, 0.29) is 5.75 Å². The number of aromatic nitrogens is 6. The molecule has 0 amide bonds. The Balaban J connectivity index is 1.73. The van der Waals surface area contributed by atoms with Gasteiger partial charge < -0.3 is 5.11 Å². The molecule has 0 saturated heterocycles. The summed E-state index contributed by atoms with van der Waals surface area (Å²) in [5.74, 6) is 0.432. The lowest BCUT2D eigenvalue weighted by Crippen LogP contribution is -1.98. The molecule has 0 unspecified atom stereocenters. The summed E-state index contributed by atoms with van der Waals surface area (Å²) in [5, 5.41) is 20.2. The number of phenols is 1. The maximum atomic E-state index is 10.1. The van der Waals surface area contributed by atoms with Crippen LogP contribution in [0.5, 0.6) is 5.75 Å². The smallest absolute Gasteiger partial charge is 0.186 e. The highest BCUT2D eigenvalue weighted by atomic mass is 35.5. The number of fused-ring (bicyclic) bond motifs is 3. The van der Waals surface area contributed by atoms with E-state index in [0.29, 0.717) is 27.7 Å². The van der Waals surface area contributed by atoms with Crippen LogP contribution < -0.4 is 0 Å². The molecule has 3 heterocycles. The minimum Gasteiger partial charge on any atom is -0.507 e. The summed E-state index contributed by atoms with van der Waals surface area (Å²) in [5.41, 5.74) is 2.65. The van der Waals surface area contributed by atoms with Gasteiger partial charge in [-0.15, -0.1) is 5.10 Å². The Bertz CT molecular complexity index is 1260. The van der Waals surface area contributed by atoms with Crippen LogP contribution in [-0.2, 0) is 0 Å². The number of halogens is 1. The van der Waals surface area contributed by atoms with Crippen molar-refractivity contribution in [2.45, 2.75) is 0 Å². The topological polar surface area (TPSA) is 81.1 Å². The number of hydrogen-bond donors (Lipinski definition) is 1. The van der Waals surface area contributed by atoms with Crippen LogP contribution in [0.25, 0.3) is 33.8 Å². The largest absolute Gasteiger partial charge is 0.507 e. The summed E-state index contributed by atoms with van der Waals surface area (Å²) in [6, 6.07) is 14.5. The zero-order chi connectivity index (χ0) is 17.7. The lowest BCUT2D eigenvalue weighted by molar-refractivity contribution is 0.477. The quantitative estimate of drug-likeness (QED) is 0.520. The van der Waals surface area contributed by atoms with Crippen molar-refractivity contribution in [1.82, 2.24) is 29.4 Å². The molecule has 8 heteroatoms. The molecule has 0 atom stereocenters. The van der Waals surface area contributed by atoms with Crippen LogP contribution in [0.1, 0.15) is 0 Å². The summed E-state index contributed by atoms with van der Waals surface area (Å²) in [6.45, 7) is 0. The average Bonchev–Trinajstić information content (AvgIpc) is 3.28. The molecule has 0 spiro atoms. The van der Waals surface area contributed by atoms with E-state index in [4.69, 9.17) is 11.6 Å². The van der Waals surface area contributed by atoms with Gasteiger partial charge in [-0.1, -0.05) is 29.8 Å². The van der Waals surface area contributed by atoms with E-state index in [0.717, 1.165) is 11.1 Å². The molecular formula is C18H11ClN6O. The van der Waals surface area contributed by atoms with Crippen molar-refractivity contribution < 1.29 is 5.11 Å². The summed E-state index contributed by atoms with van der Waals surface area (Å²) in [4.78, 5) is 9.02. The molecule has 26 heavy (non-hydrogen) atoms. The van der Waals surface area contributed by atoms with Crippen molar-refractivity contribution >= 4 is 28.3 Å². The lowest BCUT2D eigenvalue weighted by Gasteiger charge is -2.01. The van der Waals surface area contributed by atoms with E-state index < -0.39 is 0 Å². The molecule has 3 aromatic heterocycles. The zero-order valence-electron chi connectivity index (χ0n) is 13.3. The summed E-state index contributed by atoms with van der Waals surface area (Å²) < 4.78 is 3.32. The molecule has 1 N–H and O–H groups in total. The molecule has 0 bridgehead atoms. The van der Waals surface area contributed by atoms with Crippen LogP contribution in [0.15, 0.2) is 61.1 Å². The first kappa shape index (κ1) is 14.9. The fourth-order valence-corrected chi connectivity index (χ4v) is 3.05. The number of hydrogen-bond acceptors (Lipinski definition) is 5. The van der Waals surface area contributed by atoms with Gasteiger partial charge in [-0.05, 0) is 30.3 Å². The Hall–Kier alpha value is -3.45. The van der Waals surface area contributed by atoms with Gasteiger partial charge >= 0.3 is 0 Å². The highest BCUT2D eigenvalue weighted by Crippen LogP contribution is 2.30. The van der Waals surface area contributed by atoms with Crippen molar-refractivity contribution in [3.8, 4) is 22.8 Å². The van der Waals surface area contributed by atoms with Gasteiger partial charge in [0.1, 0.15) is 12.1 Å². The Kier molecular flexibility index (Phi) is 3.16. The second kappa shape index (κ2) is 5.53. The van der Waals surface area contributed by atoms with Crippen molar-refractivity contribution in [2.75, 3.05) is 0 Å². The Morgan fingerprint density at radius 2 is 1.85 bits per heavy atom. The molecule has 0 radical (unpaired) electrons. The number of aromatic hydroxyl groups is 1. The van der Waals surface area contributed by atoms with E-state index in [1.54, 1.807) is 33.9 Å². The first-order valence-corrected chi connectivity index (χ1v) is 8.22. The molecule has 0 aliphatic carbocycles. The van der Waals surface area contributed by atoms with Crippen molar-refractivity contribution in [1.29, 1.82) is 0 Å². The molecule has 7 nitrogen and oxygen atoms in total. The molecule has 0 fully saturated rings. The maximum absolute atomic E-state index is 10.1. The van der Waals surface area contributed by atoms with E-state index in [1.165, 1.54) is 6.07 Å². The van der Waals surface area contributed by atoms with Crippen LogP contribution >= 0.6 is 11.6 Å². The maximum Gasteiger partial charge on any atom is 0.186 e. The van der Waals surface area contributed by atoms with Crippen LogP contribution in [0.3, 0.4) is 0 Å². The summed E-state index contributed by atoms with van der Waals surface area (Å²) in [6.07, 6.45) is 3.29. The van der Waals surface area contributed by atoms with Crippen molar-refractivity contribution in [3.05, 3.63) is 66.1 Å². The molecule has 5 rings (SSSR count). The van der Waals surface area contributed by atoms with Gasteiger partial charge in [-0.3, -0.25) is 0 Å². The van der Waals surface area contributed by atoms with Crippen LogP contribution in [0, 0.1) is 0 Å². The predicted molar refractivity (Wildman–Crippen MR) is 97.5 cm³/mol. The van der Waals surface area contributed by atoms with Gasteiger partial charge in [-0.25, -0.2) is 19.2 Å². The van der Waals surface area contributed by atoms with Gasteiger partial charge in [0.2, 0.25) is 0 Å². The van der Waals surface area contributed by atoms with E-state index in [1.807, 2.05) is 30.3 Å². The lowest BCUT2D eigenvalue weighted by atomic mass is 10.2. The summed E-state index contributed by atoms with van der Waals surface area (Å²) in [7, 11) is 0. The monoisotopic (exact) mass is 362 g/mol. The van der Waals surface area contributed by atoms with Crippen molar-refractivity contribution in [3.63, 3.8) is 0 Å². The Morgan fingerprint density at radius 1 is 1.00 bits per heavy atom. The molecule has 5 aromatic rings. The zero-order valence-corrected chi connectivity index (χ0v) is 14.0. The van der Waals surface area contributed by atoms with Gasteiger partial charge in [0, 0.05) is 5.02 Å². The normalized spacial score (nSPS) is 11.4. The molecule has 126 valence electrons. The SMILES string of the molecule is Oc1ccc(Cl)cc1-c1nc2c3cnn(-c4ccccc4)c3ncn2n1. The first-order valence-electron chi connectivity index (χ1n) is 7.84. The van der Waals surface area contributed by atoms with E-state index in [9.17, 15) is 5.11 Å². The number of para-hydroxylation sites is 1.